The number of aromatic amines is 2. The number of ether oxygens (including phenoxy) is 1. The lowest BCUT2D eigenvalue weighted by Gasteiger charge is -2.21. The third-order valence-corrected chi connectivity index (χ3v) is 5.63. The predicted molar refractivity (Wildman–Crippen MR) is 116 cm³/mol. The van der Waals surface area contributed by atoms with Gasteiger partial charge in [-0.3, -0.25) is 9.89 Å². The Bertz CT molecular complexity index is 1190. The fraction of sp³-hybridized carbons (Fsp3) is 0.318. The molecule has 5 N–H and O–H groups in total. The number of nitrogen functional groups attached to an aromatic ring is 1. The zero-order valence-electron chi connectivity index (χ0n) is 16.6. The molecule has 5 rings (SSSR count). The van der Waals surface area contributed by atoms with E-state index in [9.17, 15) is 4.79 Å². The quantitative estimate of drug-likeness (QED) is 0.407. The Morgan fingerprint density at radius 2 is 2.17 bits per heavy atom. The van der Waals surface area contributed by atoms with Gasteiger partial charge in [0.25, 0.3) is 0 Å². The molecule has 0 saturated carbocycles. The minimum Gasteiger partial charge on any atom is -0.383 e. The number of nitrogens with one attached hydrogen (secondary N) is 3. The number of rotatable bonds is 5. The Morgan fingerprint density at radius 1 is 1.23 bits per heavy atom. The predicted octanol–water partition coefficient (Wildman–Crippen LogP) is 2.92. The fourth-order valence-electron chi connectivity index (χ4n) is 4.05. The molecule has 1 atom stereocenters. The number of nitrogens with two attached hydrogens (primary N) is 1. The monoisotopic (exact) mass is 404 g/mol. The molecule has 30 heavy (non-hydrogen) atoms. The average Bonchev–Trinajstić information content (AvgIpc) is 3.45. The van der Waals surface area contributed by atoms with Gasteiger partial charge in [-0.05, 0) is 37.5 Å². The summed E-state index contributed by atoms with van der Waals surface area (Å²) in [6.45, 7) is 1.21. The molecule has 1 aliphatic heterocycles. The number of aromatic nitrogens is 4. The van der Waals surface area contributed by atoms with Gasteiger partial charge in [-0.15, -0.1) is 0 Å². The van der Waals surface area contributed by atoms with Gasteiger partial charge in [0.05, 0.1) is 16.7 Å². The van der Waals surface area contributed by atoms with E-state index < -0.39 is 0 Å². The number of pyridine rings is 1. The van der Waals surface area contributed by atoms with Crippen LogP contribution in [0.15, 0.2) is 36.5 Å². The molecule has 1 aliphatic rings. The highest BCUT2D eigenvalue weighted by molar-refractivity contribution is 6.08. The molecule has 1 fully saturated rings. The van der Waals surface area contributed by atoms with E-state index in [-0.39, 0.29) is 12.0 Å². The van der Waals surface area contributed by atoms with Crippen LogP contribution in [0, 0.1) is 0 Å². The molecule has 8 nitrogen and oxygen atoms in total. The van der Waals surface area contributed by atoms with Crippen LogP contribution in [0.5, 0.6) is 0 Å². The molecule has 0 spiro atoms. The summed E-state index contributed by atoms with van der Waals surface area (Å²) in [5.41, 5.74) is 11.0. The number of nitrogens with zero attached hydrogens (tertiary/aromatic N) is 2. The van der Waals surface area contributed by atoms with E-state index in [1.54, 1.807) is 6.20 Å². The molecular weight excluding hydrogens is 380 g/mol. The first kappa shape index (κ1) is 18.6. The van der Waals surface area contributed by atoms with Crippen molar-refractivity contribution in [3.8, 4) is 11.3 Å². The first-order valence-corrected chi connectivity index (χ1v) is 10.3. The fourth-order valence-corrected chi connectivity index (χ4v) is 4.05. The van der Waals surface area contributed by atoms with Crippen molar-refractivity contribution in [1.29, 1.82) is 0 Å². The average molecular weight is 404 g/mol. The van der Waals surface area contributed by atoms with Gasteiger partial charge in [0.2, 0.25) is 5.91 Å². The van der Waals surface area contributed by atoms with Gasteiger partial charge >= 0.3 is 0 Å². The number of hydrogen-bond acceptors (Lipinski definition) is 5. The van der Waals surface area contributed by atoms with Gasteiger partial charge in [-0.1, -0.05) is 12.1 Å². The van der Waals surface area contributed by atoms with Crippen LogP contribution in [-0.2, 0) is 16.0 Å². The zero-order chi connectivity index (χ0) is 20.5. The maximum Gasteiger partial charge on any atom is 0.249 e. The van der Waals surface area contributed by atoms with Crippen LogP contribution in [-0.4, -0.2) is 45.3 Å². The van der Waals surface area contributed by atoms with Crippen molar-refractivity contribution >= 4 is 33.5 Å². The summed E-state index contributed by atoms with van der Waals surface area (Å²) in [5, 5.41) is 11.9. The van der Waals surface area contributed by atoms with Crippen LogP contribution in [0.4, 0.5) is 5.82 Å². The number of H-pyrrole nitrogens is 2. The first-order valence-electron chi connectivity index (χ1n) is 10.3. The number of amides is 1. The minimum absolute atomic E-state index is 0.0243. The topological polar surface area (TPSA) is 122 Å². The van der Waals surface area contributed by atoms with Crippen molar-refractivity contribution in [2.45, 2.75) is 31.8 Å². The van der Waals surface area contributed by atoms with Crippen molar-refractivity contribution in [3.05, 3.63) is 42.2 Å². The third-order valence-electron chi connectivity index (χ3n) is 5.63. The molecular formula is C22H24N6O2. The van der Waals surface area contributed by atoms with E-state index in [2.05, 4.69) is 25.5 Å². The van der Waals surface area contributed by atoms with E-state index in [4.69, 9.17) is 10.5 Å². The van der Waals surface area contributed by atoms with Gasteiger partial charge in [0.1, 0.15) is 11.9 Å². The number of carbonyl (C=O) groups excluding carboxylic acids is 1. The van der Waals surface area contributed by atoms with Crippen molar-refractivity contribution in [2.24, 2.45) is 0 Å². The molecule has 1 amide bonds. The molecule has 0 aliphatic carbocycles. The van der Waals surface area contributed by atoms with Crippen LogP contribution >= 0.6 is 0 Å². The summed E-state index contributed by atoms with van der Waals surface area (Å²) >= 11 is 0. The van der Waals surface area contributed by atoms with Crippen molar-refractivity contribution < 1.29 is 9.53 Å². The Kier molecular flexibility index (Phi) is 4.84. The summed E-state index contributed by atoms with van der Waals surface area (Å²) in [5.74, 6) is 0.463. The Balaban J connectivity index is 1.36. The highest BCUT2D eigenvalue weighted by Gasteiger charge is 2.21. The van der Waals surface area contributed by atoms with Gasteiger partial charge in [0.15, 0.2) is 0 Å². The Labute approximate surface area is 173 Å². The van der Waals surface area contributed by atoms with Crippen LogP contribution in [0.3, 0.4) is 0 Å². The van der Waals surface area contributed by atoms with Crippen molar-refractivity contribution in [2.75, 3.05) is 18.9 Å². The number of fused-ring (bicyclic) bond motifs is 3. The third kappa shape index (κ3) is 3.50. The summed E-state index contributed by atoms with van der Waals surface area (Å²) in [6, 6.07) is 10.0. The molecule has 1 unspecified atom stereocenters. The summed E-state index contributed by atoms with van der Waals surface area (Å²) in [4.78, 5) is 20.3. The molecule has 8 heteroatoms. The van der Waals surface area contributed by atoms with E-state index in [0.717, 1.165) is 58.0 Å². The normalized spacial score (nSPS) is 16.9. The van der Waals surface area contributed by atoms with Gasteiger partial charge in [-0.25, -0.2) is 4.98 Å². The van der Waals surface area contributed by atoms with Crippen LogP contribution in [0.2, 0.25) is 0 Å². The minimum atomic E-state index is -0.311. The first-order chi connectivity index (χ1) is 14.7. The molecule has 4 aromatic rings. The summed E-state index contributed by atoms with van der Waals surface area (Å²) in [7, 11) is 0. The number of anilines is 1. The second kappa shape index (κ2) is 7.79. The molecule has 0 bridgehead atoms. The van der Waals surface area contributed by atoms with Crippen LogP contribution in [0.25, 0.3) is 33.1 Å². The van der Waals surface area contributed by atoms with Crippen molar-refractivity contribution in [3.63, 3.8) is 0 Å². The smallest absolute Gasteiger partial charge is 0.249 e. The lowest BCUT2D eigenvalue weighted by atomic mass is 10.1. The molecule has 1 saturated heterocycles. The Morgan fingerprint density at radius 3 is 2.97 bits per heavy atom. The SMILES string of the molecule is Nc1nc2cc(-c3ccn[nH]3)ccc2c2[nH]c(CCNC(=O)C3CCCCO3)cc12. The van der Waals surface area contributed by atoms with Crippen LogP contribution < -0.4 is 11.1 Å². The highest BCUT2D eigenvalue weighted by Crippen LogP contribution is 2.31. The standard InChI is InChI=1S/C22H24N6O2/c23-21-16-12-14(6-8-24-22(29)19-3-1-2-10-30-19)26-20(16)15-5-4-13(11-18(15)27-21)17-7-9-25-28-17/h4-5,7,9,11-12,19,26H,1-3,6,8,10H2,(H2,23,27)(H,24,29)(H,25,28). The van der Waals surface area contributed by atoms with E-state index in [1.807, 2.05) is 30.3 Å². The number of carbonyl (C=O) groups is 1. The number of benzene rings is 1. The van der Waals surface area contributed by atoms with Gasteiger partial charge in [-0.2, -0.15) is 5.10 Å². The lowest BCUT2D eigenvalue weighted by Crippen LogP contribution is -2.39. The molecule has 4 heterocycles. The molecule has 3 aromatic heterocycles. The highest BCUT2D eigenvalue weighted by atomic mass is 16.5. The zero-order valence-corrected chi connectivity index (χ0v) is 16.6. The summed E-state index contributed by atoms with van der Waals surface area (Å²) < 4.78 is 5.54. The molecule has 1 aromatic carbocycles. The largest absolute Gasteiger partial charge is 0.383 e. The van der Waals surface area contributed by atoms with Gasteiger partial charge in [0, 0.05) is 47.8 Å². The van der Waals surface area contributed by atoms with E-state index in [1.165, 1.54) is 0 Å². The second-order valence-corrected chi connectivity index (χ2v) is 7.68. The molecule has 154 valence electrons. The van der Waals surface area contributed by atoms with E-state index in [0.29, 0.717) is 25.4 Å². The van der Waals surface area contributed by atoms with Gasteiger partial charge < -0.3 is 20.8 Å². The maximum atomic E-state index is 12.2. The second-order valence-electron chi connectivity index (χ2n) is 7.68. The molecule has 0 radical (unpaired) electrons. The number of hydrogen-bond donors (Lipinski definition) is 4. The lowest BCUT2D eigenvalue weighted by molar-refractivity contribution is -0.135. The maximum absolute atomic E-state index is 12.2. The Hall–Kier alpha value is -3.39. The van der Waals surface area contributed by atoms with Crippen LogP contribution in [0.1, 0.15) is 25.0 Å². The summed E-state index contributed by atoms with van der Waals surface area (Å²) in [6.07, 6.45) is 4.97. The van der Waals surface area contributed by atoms with Crippen molar-refractivity contribution in [1.82, 2.24) is 25.5 Å². The van der Waals surface area contributed by atoms with E-state index >= 15 is 0 Å².